The molecule has 3 aromatic rings. The summed E-state index contributed by atoms with van der Waals surface area (Å²) in [6.45, 7) is 6.23. The number of rotatable bonds is 6. The van der Waals surface area contributed by atoms with E-state index in [2.05, 4.69) is 15.8 Å². The van der Waals surface area contributed by atoms with Gasteiger partial charge in [-0.25, -0.2) is 5.43 Å². The van der Waals surface area contributed by atoms with Gasteiger partial charge in [0.2, 0.25) is 0 Å². The van der Waals surface area contributed by atoms with E-state index in [9.17, 15) is 9.59 Å². The number of hydrazone groups is 1. The van der Waals surface area contributed by atoms with E-state index in [1.165, 1.54) is 0 Å². The number of benzene rings is 2. The van der Waals surface area contributed by atoms with E-state index in [-0.39, 0.29) is 17.6 Å². The number of ether oxygens (including phenoxy) is 1. The Morgan fingerprint density at radius 2 is 1.79 bits per heavy atom. The fourth-order valence-electron chi connectivity index (χ4n) is 3.99. The second-order valence-corrected chi connectivity index (χ2v) is 7.93. The van der Waals surface area contributed by atoms with Crippen LogP contribution >= 0.6 is 0 Å². The first-order valence-corrected chi connectivity index (χ1v) is 11.1. The van der Waals surface area contributed by atoms with Gasteiger partial charge in [-0.05, 0) is 69.5 Å². The molecule has 2 amide bonds. The van der Waals surface area contributed by atoms with Gasteiger partial charge < -0.3 is 14.5 Å². The first kappa shape index (κ1) is 22.3. The highest BCUT2D eigenvalue weighted by Gasteiger charge is 2.28. The molecule has 0 fully saturated rings. The van der Waals surface area contributed by atoms with Gasteiger partial charge in [-0.3, -0.25) is 9.59 Å². The van der Waals surface area contributed by atoms with E-state index in [1.807, 2.05) is 39.0 Å². The van der Waals surface area contributed by atoms with Gasteiger partial charge in [0.1, 0.15) is 11.5 Å². The number of carbonyl (C=O) groups excluding carboxylic acids is 2. The fraction of sp³-hybridized carbons (Fsp3) is 0.269. The van der Waals surface area contributed by atoms with E-state index in [4.69, 9.17) is 9.15 Å². The topological polar surface area (TPSA) is 92.9 Å². The molecule has 7 heteroatoms. The number of aryl methyl sites for hydroxylation is 2. The molecule has 2 aromatic carbocycles. The Bertz CT molecular complexity index is 1210. The lowest BCUT2D eigenvalue weighted by atomic mass is 9.93. The lowest BCUT2D eigenvalue weighted by molar-refractivity contribution is 0.0953. The number of carbonyl (C=O) groups is 2. The molecule has 0 unspecified atom stereocenters. The lowest BCUT2D eigenvalue weighted by Crippen LogP contribution is -2.22. The largest absolute Gasteiger partial charge is 0.494 e. The normalized spacial score (nSPS) is 14.0. The maximum absolute atomic E-state index is 12.9. The quantitative estimate of drug-likeness (QED) is 0.521. The summed E-state index contributed by atoms with van der Waals surface area (Å²) in [4.78, 5) is 25.5. The summed E-state index contributed by atoms with van der Waals surface area (Å²) in [6.07, 6.45) is 2.25. The van der Waals surface area contributed by atoms with E-state index in [1.54, 1.807) is 30.3 Å². The average Bonchev–Trinajstić information content (AvgIpc) is 3.16. The number of anilines is 1. The van der Waals surface area contributed by atoms with Gasteiger partial charge in [-0.1, -0.05) is 18.2 Å². The highest BCUT2D eigenvalue weighted by molar-refractivity contribution is 6.09. The van der Waals surface area contributed by atoms with Crippen LogP contribution in [0, 0.1) is 13.8 Å². The third-order valence-electron chi connectivity index (χ3n) is 5.64. The Kier molecular flexibility index (Phi) is 6.58. The van der Waals surface area contributed by atoms with Gasteiger partial charge in [0.15, 0.2) is 5.76 Å². The molecule has 2 N–H and O–H groups in total. The molecule has 4 rings (SSSR count). The SMILES string of the molecule is CCOc1ccc(NC(=O)c2oc3c(c2C)/C(=N/NC(=O)c2ccccc2C)CCC3)cc1. The van der Waals surface area contributed by atoms with Crippen LogP contribution in [0.3, 0.4) is 0 Å². The maximum Gasteiger partial charge on any atom is 0.291 e. The van der Waals surface area contributed by atoms with E-state index in [0.717, 1.165) is 46.8 Å². The van der Waals surface area contributed by atoms with Crippen molar-refractivity contribution in [3.05, 3.63) is 82.3 Å². The molecule has 0 radical (unpaired) electrons. The molecule has 170 valence electrons. The van der Waals surface area contributed by atoms with Crippen LogP contribution in [0.5, 0.6) is 5.75 Å². The number of amides is 2. The molecule has 0 aliphatic heterocycles. The van der Waals surface area contributed by atoms with E-state index < -0.39 is 0 Å². The molecule has 33 heavy (non-hydrogen) atoms. The first-order chi connectivity index (χ1) is 16.0. The monoisotopic (exact) mass is 445 g/mol. The van der Waals surface area contributed by atoms with Crippen molar-refractivity contribution in [3.63, 3.8) is 0 Å². The Morgan fingerprint density at radius 3 is 2.52 bits per heavy atom. The average molecular weight is 446 g/mol. The van der Waals surface area contributed by atoms with Crippen LogP contribution in [-0.4, -0.2) is 24.1 Å². The van der Waals surface area contributed by atoms with Crippen LogP contribution in [0.1, 0.15) is 63.1 Å². The zero-order valence-electron chi connectivity index (χ0n) is 19.0. The molecule has 7 nitrogen and oxygen atoms in total. The minimum absolute atomic E-state index is 0.258. The molecule has 0 saturated heterocycles. The minimum atomic E-state index is -0.325. The number of furan rings is 1. The van der Waals surface area contributed by atoms with Crippen LogP contribution in [0.15, 0.2) is 58.0 Å². The summed E-state index contributed by atoms with van der Waals surface area (Å²) in [5.74, 6) is 1.14. The first-order valence-electron chi connectivity index (χ1n) is 11.1. The zero-order valence-corrected chi connectivity index (χ0v) is 19.0. The second kappa shape index (κ2) is 9.73. The zero-order chi connectivity index (χ0) is 23.4. The van der Waals surface area contributed by atoms with Crippen molar-refractivity contribution in [2.45, 2.75) is 40.0 Å². The standard InChI is InChI=1S/C26H27N3O4/c1-4-32-19-14-12-18(13-15-19)27-26(31)24-17(3)23-21(10-7-11-22(23)33-24)28-29-25(30)20-9-6-5-8-16(20)2/h5-6,8-9,12-15H,4,7,10-11H2,1-3H3,(H,27,31)(H,29,30)/b28-21+. The molecule has 1 heterocycles. The highest BCUT2D eigenvalue weighted by atomic mass is 16.5. The predicted octanol–water partition coefficient (Wildman–Crippen LogP) is 5.02. The molecule has 0 saturated carbocycles. The lowest BCUT2D eigenvalue weighted by Gasteiger charge is -2.13. The molecule has 0 atom stereocenters. The molecule has 0 spiro atoms. The Hall–Kier alpha value is -3.87. The number of nitrogens with zero attached hydrogens (tertiary/aromatic N) is 1. The second-order valence-electron chi connectivity index (χ2n) is 7.93. The van der Waals surface area contributed by atoms with Gasteiger partial charge >= 0.3 is 0 Å². The summed E-state index contributed by atoms with van der Waals surface area (Å²) >= 11 is 0. The fourth-order valence-corrected chi connectivity index (χ4v) is 3.99. The van der Waals surface area contributed by atoms with E-state index >= 15 is 0 Å². The van der Waals surface area contributed by atoms with Gasteiger partial charge in [0, 0.05) is 28.8 Å². The number of nitrogens with one attached hydrogen (secondary N) is 2. The summed E-state index contributed by atoms with van der Waals surface area (Å²) in [5.41, 5.74) is 7.03. The number of hydrogen-bond acceptors (Lipinski definition) is 5. The molecule has 0 bridgehead atoms. The smallest absolute Gasteiger partial charge is 0.291 e. The van der Waals surface area contributed by atoms with Crippen molar-refractivity contribution in [2.24, 2.45) is 5.10 Å². The Labute approximate surface area is 192 Å². The summed E-state index contributed by atoms with van der Waals surface area (Å²) in [5, 5.41) is 7.27. The molecule has 1 aliphatic rings. The van der Waals surface area contributed by atoms with Crippen molar-refractivity contribution >= 4 is 23.2 Å². The number of hydrogen-bond donors (Lipinski definition) is 2. The predicted molar refractivity (Wildman–Crippen MR) is 127 cm³/mol. The van der Waals surface area contributed by atoms with Gasteiger partial charge in [0.25, 0.3) is 11.8 Å². The summed E-state index contributed by atoms with van der Waals surface area (Å²) in [6, 6.07) is 14.6. The van der Waals surface area contributed by atoms with Crippen molar-refractivity contribution in [3.8, 4) is 5.75 Å². The van der Waals surface area contributed by atoms with Crippen LogP contribution in [0.4, 0.5) is 5.69 Å². The third-order valence-corrected chi connectivity index (χ3v) is 5.64. The Balaban J connectivity index is 1.53. The van der Waals surface area contributed by atoms with Crippen LogP contribution in [-0.2, 0) is 6.42 Å². The molecular formula is C26H27N3O4. The molecule has 1 aromatic heterocycles. The molecule has 1 aliphatic carbocycles. The van der Waals surface area contributed by atoms with Crippen molar-refractivity contribution in [2.75, 3.05) is 11.9 Å². The maximum atomic E-state index is 12.9. The van der Waals surface area contributed by atoms with Gasteiger partial charge in [-0.15, -0.1) is 0 Å². The summed E-state index contributed by atoms with van der Waals surface area (Å²) in [7, 11) is 0. The van der Waals surface area contributed by atoms with Crippen LogP contribution < -0.4 is 15.5 Å². The minimum Gasteiger partial charge on any atom is -0.494 e. The van der Waals surface area contributed by atoms with Crippen LogP contribution in [0.2, 0.25) is 0 Å². The van der Waals surface area contributed by atoms with E-state index in [0.29, 0.717) is 24.3 Å². The van der Waals surface area contributed by atoms with Crippen molar-refractivity contribution < 1.29 is 18.7 Å². The summed E-state index contributed by atoms with van der Waals surface area (Å²) < 4.78 is 11.4. The number of fused-ring (bicyclic) bond motifs is 1. The van der Waals surface area contributed by atoms with Crippen molar-refractivity contribution in [1.29, 1.82) is 0 Å². The molecular weight excluding hydrogens is 418 g/mol. The van der Waals surface area contributed by atoms with Gasteiger partial charge in [-0.2, -0.15) is 5.10 Å². The van der Waals surface area contributed by atoms with Crippen molar-refractivity contribution in [1.82, 2.24) is 5.43 Å². The van der Waals surface area contributed by atoms with Gasteiger partial charge in [0.05, 0.1) is 12.3 Å². The Morgan fingerprint density at radius 1 is 1.03 bits per heavy atom. The van der Waals surface area contributed by atoms with Crippen LogP contribution in [0.25, 0.3) is 0 Å². The highest BCUT2D eigenvalue weighted by Crippen LogP contribution is 2.30. The third kappa shape index (κ3) is 4.82.